The van der Waals surface area contributed by atoms with E-state index in [-0.39, 0.29) is 16.9 Å². The number of sulfonamides is 1. The molecule has 19 heavy (non-hydrogen) atoms. The lowest BCUT2D eigenvalue weighted by Gasteiger charge is -2.25. The van der Waals surface area contributed by atoms with Crippen LogP contribution in [0.4, 0.5) is 5.69 Å². The topological polar surface area (TPSA) is 92.4 Å². The fourth-order valence-corrected chi connectivity index (χ4v) is 3.61. The first-order valence-electron chi connectivity index (χ1n) is 6.50. The second-order valence-electron chi connectivity index (χ2n) is 5.11. The number of hydrogen-bond donors (Lipinski definition) is 3. The van der Waals surface area contributed by atoms with Crippen LogP contribution in [-0.2, 0) is 10.0 Å². The van der Waals surface area contributed by atoms with Crippen LogP contribution in [0, 0.1) is 5.92 Å². The van der Waals surface area contributed by atoms with Crippen molar-refractivity contribution >= 4 is 15.7 Å². The molecule has 0 aromatic heterocycles. The Morgan fingerprint density at radius 3 is 2.84 bits per heavy atom. The van der Waals surface area contributed by atoms with E-state index in [9.17, 15) is 13.5 Å². The van der Waals surface area contributed by atoms with Gasteiger partial charge in [-0.3, -0.25) is 0 Å². The molecule has 1 aromatic rings. The van der Waals surface area contributed by atoms with Crippen molar-refractivity contribution in [3.05, 3.63) is 24.3 Å². The van der Waals surface area contributed by atoms with Crippen LogP contribution >= 0.6 is 0 Å². The molecule has 1 aliphatic rings. The van der Waals surface area contributed by atoms with Gasteiger partial charge in [0.25, 0.3) is 0 Å². The number of nitrogen functional groups attached to an aromatic ring is 1. The highest BCUT2D eigenvalue weighted by Gasteiger charge is 2.22. The van der Waals surface area contributed by atoms with Crippen LogP contribution in [0.25, 0.3) is 0 Å². The number of aliphatic hydroxyl groups is 1. The minimum Gasteiger partial charge on any atom is -0.399 e. The maximum atomic E-state index is 12.1. The molecule has 6 heteroatoms. The molecular formula is C13H20N2O3S. The van der Waals surface area contributed by atoms with E-state index in [0.29, 0.717) is 18.7 Å². The van der Waals surface area contributed by atoms with Crippen molar-refractivity contribution in [3.8, 4) is 0 Å². The van der Waals surface area contributed by atoms with E-state index in [2.05, 4.69) is 4.72 Å². The Morgan fingerprint density at radius 2 is 2.16 bits per heavy atom. The van der Waals surface area contributed by atoms with E-state index in [1.54, 1.807) is 12.1 Å². The van der Waals surface area contributed by atoms with Crippen LogP contribution in [0.15, 0.2) is 29.2 Å². The van der Waals surface area contributed by atoms with Crippen LogP contribution < -0.4 is 10.5 Å². The third-order valence-corrected chi connectivity index (χ3v) is 4.91. The zero-order valence-electron chi connectivity index (χ0n) is 10.7. The molecule has 1 aliphatic carbocycles. The van der Waals surface area contributed by atoms with Gasteiger partial charge in [0.05, 0.1) is 11.0 Å². The van der Waals surface area contributed by atoms with Gasteiger partial charge in [0.1, 0.15) is 0 Å². The van der Waals surface area contributed by atoms with Crippen LogP contribution in [0.5, 0.6) is 0 Å². The predicted molar refractivity (Wildman–Crippen MR) is 74.0 cm³/mol. The lowest BCUT2D eigenvalue weighted by atomic mass is 9.87. The largest absolute Gasteiger partial charge is 0.399 e. The first-order valence-corrected chi connectivity index (χ1v) is 7.99. The molecular weight excluding hydrogens is 264 g/mol. The van der Waals surface area contributed by atoms with Gasteiger partial charge in [-0.15, -0.1) is 0 Å². The van der Waals surface area contributed by atoms with Gasteiger partial charge < -0.3 is 10.8 Å². The van der Waals surface area contributed by atoms with Crippen LogP contribution in [0.2, 0.25) is 0 Å². The molecule has 1 saturated carbocycles. The van der Waals surface area contributed by atoms with Crippen molar-refractivity contribution < 1.29 is 13.5 Å². The first kappa shape index (κ1) is 14.3. The van der Waals surface area contributed by atoms with Gasteiger partial charge in [0, 0.05) is 12.2 Å². The Hall–Kier alpha value is -1.11. The molecule has 106 valence electrons. The van der Waals surface area contributed by atoms with Gasteiger partial charge in [0.2, 0.25) is 10.0 Å². The molecule has 1 fully saturated rings. The third kappa shape index (κ3) is 3.92. The van der Waals surface area contributed by atoms with Crippen molar-refractivity contribution in [2.75, 3.05) is 12.3 Å². The second kappa shape index (κ2) is 5.90. The molecule has 2 rings (SSSR count). The normalized spacial score (nSPS) is 24.3. The number of hydrogen-bond acceptors (Lipinski definition) is 4. The average molecular weight is 284 g/mol. The summed E-state index contributed by atoms with van der Waals surface area (Å²) in [6.45, 7) is 0.369. The van der Waals surface area contributed by atoms with E-state index in [0.717, 1.165) is 19.3 Å². The molecule has 0 amide bonds. The Kier molecular flexibility index (Phi) is 4.44. The Balaban J connectivity index is 1.98. The number of rotatable bonds is 4. The zero-order chi connectivity index (χ0) is 13.9. The smallest absolute Gasteiger partial charge is 0.240 e. The number of nitrogens with one attached hydrogen (secondary N) is 1. The summed E-state index contributed by atoms with van der Waals surface area (Å²) in [7, 11) is -3.51. The number of anilines is 1. The lowest BCUT2D eigenvalue weighted by Crippen LogP contribution is -2.33. The fourth-order valence-electron chi connectivity index (χ4n) is 2.44. The highest BCUT2D eigenvalue weighted by atomic mass is 32.2. The second-order valence-corrected chi connectivity index (χ2v) is 6.88. The summed E-state index contributed by atoms with van der Waals surface area (Å²) in [5.74, 6) is 0.208. The molecule has 0 saturated heterocycles. The standard InChI is InChI=1S/C13H20N2O3S/c14-11-4-2-6-13(8-11)19(17,18)15-9-10-3-1-5-12(16)7-10/h2,4,6,8,10,12,15-16H,1,3,5,7,9,14H2. The van der Waals surface area contributed by atoms with Crippen LogP contribution in [0.1, 0.15) is 25.7 Å². The number of nitrogens with two attached hydrogens (primary N) is 1. The maximum absolute atomic E-state index is 12.1. The van der Waals surface area contributed by atoms with Gasteiger partial charge in [0.15, 0.2) is 0 Å². The summed E-state index contributed by atoms with van der Waals surface area (Å²) in [4.78, 5) is 0.184. The molecule has 0 heterocycles. The van der Waals surface area contributed by atoms with Crippen LogP contribution in [0.3, 0.4) is 0 Å². The van der Waals surface area contributed by atoms with Gasteiger partial charge in [-0.25, -0.2) is 13.1 Å². The molecule has 2 atom stereocenters. The Morgan fingerprint density at radius 1 is 1.37 bits per heavy atom. The average Bonchev–Trinajstić information content (AvgIpc) is 2.37. The molecule has 1 aromatic carbocycles. The van der Waals surface area contributed by atoms with Crippen molar-refractivity contribution in [1.82, 2.24) is 4.72 Å². The third-order valence-electron chi connectivity index (χ3n) is 3.49. The highest BCUT2D eigenvalue weighted by molar-refractivity contribution is 7.89. The summed E-state index contributed by atoms with van der Waals surface area (Å²) in [6.07, 6.45) is 3.09. The summed E-state index contributed by atoms with van der Waals surface area (Å²) in [5, 5.41) is 9.57. The highest BCUT2D eigenvalue weighted by Crippen LogP contribution is 2.24. The predicted octanol–water partition coefficient (Wildman–Crippen LogP) is 1.10. The molecule has 0 spiro atoms. The van der Waals surface area contributed by atoms with E-state index in [1.807, 2.05) is 0 Å². The van der Waals surface area contributed by atoms with Gasteiger partial charge >= 0.3 is 0 Å². The summed E-state index contributed by atoms with van der Waals surface area (Å²) >= 11 is 0. The van der Waals surface area contributed by atoms with Crippen LogP contribution in [-0.4, -0.2) is 26.2 Å². The van der Waals surface area contributed by atoms with Gasteiger partial charge in [-0.05, 0) is 43.4 Å². The van der Waals surface area contributed by atoms with Gasteiger partial charge in [-0.2, -0.15) is 0 Å². The Labute approximate surface area is 113 Å². The molecule has 2 unspecified atom stereocenters. The van der Waals surface area contributed by atoms with E-state index in [1.165, 1.54) is 12.1 Å². The van der Waals surface area contributed by atoms with Crippen molar-refractivity contribution in [2.24, 2.45) is 5.92 Å². The number of aliphatic hydroxyl groups excluding tert-OH is 1. The molecule has 0 bridgehead atoms. The minimum absolute atomic E-state index is 0.184. The maximum Gasteiger partial charge on any atom is 0.240 e. The fraction of sp³-hybridized carbons (Fsp3) is 0.538. The molecule has 4 N–H and O–H groups in total. The SMILES string of the molecule is Nc1cccc(S(=O)(=O)NCC2CCCC(O)C2)c1. The lowest BCUT2D eigenvalue weighted by molar-refractivity contribution is 0.102. The van der Waals surface area contributed by atoms with Crippen molar-refractivity contribution in [3.63, 3.8) is 0 Å². The summed E-state index contributed by atoms with van der Waals surface area (Å²) < 4.78 is 26.8. The van der Waals surface area contributed by atoms with Crippen molar-refractivity contribution in [1.29, 1.82) is 0 Å². The van der Waals surface area contributed by atoms with E-state index < -0.39 is 10.0 Å². The van der Waals surface area contributed by atoms with Crippen molar-refractivity contribution in [2.45, 2.75) is 36.7 Å². The summed E-state index contributed by atoms with van der Waals surface area (Å²) in [6, 6.07) is 6.23. The number of benzene rings is 1. The van der Waals surface area contributed by atoms with E-state index >= 15 is 0 Å². The minimum atomic E-state index is -3.51. The molecule has 0 aliphatic heterocycles. The summed E-state index contributed by atoms with van der Waals surface area (Å²) in [5.41, 5.74) is 6.01. The monoisotopic (exact) mass is 284 g/mol. The van der Waals surface area contributed by atoms with Gasteiger partial charge in [-0.1, -0.05) is 12.5 Å². The Bertz CT molecular complexity index is 530. The molecule has 5 nitrogen and oxygen atoms in total. The quantitative estimate of drug-likeness (QED) is 0.722. The zero-order valence-corrected chi connectivity index (χ0v) is 11.6. The first-order chi connectivity index (χ1) is 8.97. The molecule has 0 radical (unpaired) electrons. The van der Waals surface area contributed by atoms with E-state index in [4.69, 9.17) is 5.73 Å².